The van der Waals surface area contributed by atoms with E-state index >= 15 is 0 Å². The summed E-state index contributed by atoms with van der Waals surface area (Å²) < 4.78 is 6.77. The molecule has 2 amide bonds. The van der Waals surface area contributed by atoms with Crippen molar-refractivity contribution in [3.8, 4) is 5.75 Å². The number of nitrogens with zero attached hydrogens (tertiary/aromatic N) is 1. The Morgan fingerprint density at radius 1 is 0.821 bits per heavy atom. The van der Waals surface area contributed by atoms with E-state index in [0.29, 0.717) is 32.3 Å². The van der Waals surface area contributed by atoms with Crippen molar-refractivity contribution < 1.29 is 14.3 Å². The summed E-state index contributed by atoms with van der Waals surface area (Å²) in [6, 6.07) is 31.7. The first-order chi connectivity index (χ1) is 19.0. The van der Waals surface area contributed by atoms with E-state index in [1.807, 2.05) is 72.8 Å². The summed E-state index contributed by atoms with van der Waals surface area (Å²) in [6.45, 7) is 0.570. The van der Waals surface area contributed by atoms with Crippen molar-refractivity contribution in [1.29, 1.82) is 0 Å². The molecule has 0 radical (unpaired) electrons. The summed E-state index contributed by atoms with van der Waals surface area (Å²) in [5.74, 6) is 0.201. The van der Waals surface area contributed by atoms with Gasteiger partial charge in [0.2, 0.25) is 0 Å². The third kappa shape index (κ3) is 5.20. The van der Waals surface area contributed by atoms with Gasteiger partial charge in [-0.3, -0.25) is 14.5 Å². The lowest BCUT2D eigenvalue weighted by Crippen LogP contribution is -2.27. The van der Waals surface area contributed by atoms with Crippen LogP contribution in [0.3, 0.4) is 0 Å². The van der Waals surface area contributed by atoms with Crippen molar-refractivity contribution in [3.63, 3.8) is 0 Å². The lowest BCUT2D eigenvalue weighted by atomic mass is 10.0. The number of ether oxygens (including phenoxy) is 1. The molecule has 0 aliphatic carbocycles. The van der Waals surface area contributed by atoms with Gasteiger partial charge in [0.25, 0.3) is 11.1 Å². The Morgan fingerprint density at radius 2 is 1.44 bits per heavy atom. The average Bonchev–Trinajstić information content (AvgIpc) is 3.20. The first-order valence-electron chi connectivity index (χ1n) is 12.3. The Morgan fingerprint density at radius 3 is 2.13 bits per heavy atom. The Balaban J connectivity index is 1.21. The van der Waals surface area contributed by atoms with Crippen LogP contribution in [0.1, 0.15) is 16.7 Å². The van der Waals surface area contributed by atoms with Crippen molar-refractivity contribution in [2.24, 2.45) is 0 Å². The van der Waals surface area contributed by atoms with Gasteiger partial charge >= 0.3 is 0 Å². The molecule has 5 aromatic rings. The van der Waals surface area contributed by atoms with Crippen LogP contribution in [0.25, 0.3) is 27.6 Å². The zero-order valence-corrected chi connectivity index (χ0v) is 23.7. The van der Waals surface area contributed by atoms with Crippen LogP contribution in [0, 0.1) is 0 Å². The SMILES string of the molecule is O=C1S/C(=C/c2cc(Cl)c(OCc3cccc4ccccc34)c(Br)c2)C(=O)N1Cc1cccc2ccccc12. The Labute approximate surface area is 243 Å². The van der Waals surface area contributed by atoms with E-state index in [9.17, 15) is 9.59 Å². The second-order valence-electron chi connectivity index (χ2n) is 9.15. The van der Waals surface area contributed by atoms with Crippen molar-refractivity contribution in [2.45, 2.75) is 13.2 Å². The third-order valence-electron chi connectivity index (χ3n) is 6.65. The molecule has 0 atom stereocenters. The molecular formula is C32H21BrClNO3S. The van der Waals surface area contributed by atoms with E-state index in [1.54, 1.807) is 12.1 Å². The van der Waals surface area contributed by atoms with E-state index in [2.05, 4.69) is 34.1 Å². The van der Waals surface area contributed by atoms with Crippen molar-refractivity contribution in [1.82, 2.24) is 4.90 Å². The minimum absolute atomic E-state index is 0.217. The van der Waals surface area contributed by atoms with Crippen LogP contribution in [-0.2, 0) is 17.9 Å². The van der Waals surface area contributed by atoms with E-state index < -0.39 is 0 Å². The van der Waals surface area contributed by atoms with E-state index in [0.717, 1.165) is 44.4 Å². The molecule has 1 heterocycles. The molecule has 0 bridgehead atoms. The lowest BCUT2D eigenvalue weighted by Gasteiger charge is -2.14. The second kappa shape index (κ2) is 10.9. The molecule has 0 N–H and O–H groups in total. The van der Waals surface area contributed by atoms with Gasteiger partial charge in [-0.05, 0) is 84.1 Å². The molecule has 0 aromatic heterocycles. The number of benzene rings is 5. The minimum atomic E-state index is -0.318. The summed E-state index contributed by atoms with van der Waals surface area (Å²) in [5, 5.41) is 4.49. The van der Waals surface area contributed by atoms with Gasteiger partial charge < -0.3 is 4.74 Å². The summed E-state index contributed by atoms with van der Waals surface area (Å²) in [7, 11) is 0. The number of rotatable bonds is 6. The Hall–Kier alpha value is -3.58. The van der Waals surface area contributed by atoms with Crippen LogP contribution in [0.4, 0.5) is 4.79 Å². The van der Waals surface area contributed by atoms with Crippen molar-refractivity contribution in [2.75, 3.05) is 0 Å². The molecular weight excluding hydrogens is 594 g/mol. The maximum atomic E-state index is 13.2. The van der Waals surface area contributed by atoms with Crippen LogP contribution < -0.4 is 4.74 Å². The van der Waals surface area contributed by atoms with Gasteiger partial charge in [0, 0.05) is 0 Å². The summed E-state index contributed by atoms with van der Waals surface area (Å²) in [5.41, 5.74) is 2.68. The third-order valence-corrected chi connectivity index (χ3v) is 8.43. The molecule has 1 aliphatic rings. The minimum Gasteiger partial charge on any atom is -0.486 e. The number of amides is 2. The number of carbonyl (C=O) groups is 2. The van der Waals surface area contributed by atoms with Crippen LogP contribution in [0.5, 0.6) is 5.75 Å². The maximum absolute atomic E-state index is 13.2. The average molecular weight is 615 g/mol. The number of hydrogen-bond donors (Lipinski definition) is 0. The predicted octanol–water partition coefficient (Wildman–Crippen LogP) is 9.22. The zero-order valence-electron chi connectivity index (χ0n) is 20.6. The first kappa shape index (κ1) is 25.7. The standard InChI is InChI=1S/C32H21BrClNO3S/c33-27-15-20(16-28(34)30(27)38-19-24-12-6-10-22-8-2-4-14-26(22)24)17-29-31(36)35(32(37)39-29)18-23-11-5-9-21-7-1-3-13-25(21)23/h1-17H,18-19H2/b29-17+. The predicted molar refractivity (Wildman–Crippen MR) is 163 cm³/mol. The van der Waals surface area contributed by atoms with Gasteiger partial charge in [-0.1, -0.05) is 96.5 Å². The van der Waals surface area contributed by atoms with Gasteiger partial charge in [-0.2, -0.15) is 0 Å². The number of imide groups is 1. The zero-order chi connectivity index (χ0) is 26.9. The maximum Gasteiger partial charge on any atom is 0.293 e. The lowest BCUT2D eigenvalue weighted by molar-refractivity contribution is -0.123. The van der Waals surface area contributed by atoms with Gasteiger partial charge in [-0.25, -0.2) is 0 Å². The highest BCUT2D eigenvalue weighted by Gasteiger charge is 2.35. The molecule has 192 valence electrons. The smallest absolute Gasteiger partial charge is 0.293 e. The summed E-state index contributed by atoms with van der Waals surface area (Å²) in [6.07, 6.45) is 1.69. The van der Waals surface area contributed by atoms with Gasteiger partial charge in [0.1, 0.15) is 6.61 Å². The largest absolute Gasteiger partial charge is 0.486 e. The van der Waals surface area contributed by atoms with Crippen LogP contribution in [0.15, 0.2) is 106 Å². The van der Waals surface area contributed by atoms with E-state index in [1.165, 1.54) is 4.90 Å². The highest BCUT2D eigenvalue weighted by molar-refractivity contribution is 9.10. The number of carbonyl (C=O) groups excluding carboxylic acids is 2. The molecule has 6 rings (SSSR count). The van der Waals surface area contributed by atoms with Crippen LogP contribution in [0.2, 0.25) is 5.02 Å². The second-order valence-corrected chi connectivity index (χ2v) is 11.4. The fourth-order valence-corrected chi connectivity index (χ4v) is 6.58. The molecule has 1 saturated heterocycles. The summed E-state index contributed by atoms with van der Waals surface area (Å²) in [4.78, 5) is 27.7. The molecule has 4 nitrogen and oxygen atoms in total. The normalized spacial score (nSPS) is 14.6. The van der Waals surface area contributed by atoms with Crippen molar-refractivity contribution in [3.05, 3.63) is 128 Å². The van der Waals surface area contributed by atoms with Gasteiger partial charge in [0.05, 0.1) is 20.9 Å². The van der Waals surface area contributed by atoms with Crippen LogP contribution >= 0.6 is 39.3 Å². The number of hydrogen-bond acceptors (Lipinski definition) is 4. The molecule has 0 spiro atoms. The first-order valence-corrected chi connectivity index (χ1v) is 14.3. The number of fused-ring (bicyclic) bond motifs is 2. The van der Waals surface area contributed by atoms with E-state index in [4.69, 9.17) is 16.3 Å². The fourth-order valence-electron chi connectivity index (χ4n) is 4.76. The highest BCUT2D eigenvalue weighted by Crippen LogP contribution is 2.39. The van der Waals surface area contributed by atoms with E-state index in [-0.39, 0.29) is 17.7 Å². The number of halogens is 2. The molecule has 1 fully saturated rings. The van der Waals surface area contributed by atoms with Crippen LogP contribution in [-0.4, -0.2) is 16.0 Å². The van der Waals surface area contributed by atoms with Gasteiger partial charge in [0.15, 0.2) is 5.75 Å². The quantitative estimate of drug-likeness (QED) is 0.179. The van der Waals surface area contributed by atoms with Crippen molar-refractivity contribution >= 4 is 78.1 Å². The molecule has 7 heteroatoms. The Kier molecular flexibility index (Phi) is 7.17. The molecule has 0 unspecified atom stereocenters. The number of thioether (sulfide) groups is 1. The summed E-state index contributed by atoms with van der Waals surface area (Å²) >= 11 is 11.1. The van der Waals surface area contributed by atoms with Gasteiger partial charge in [-0.15, -0.1) is 0 Å². The molecule has 0 saturated carbocycles. The monoisotopic (exact) mass is 613 g/mol. The topological polar surface area (TPSA) is 46.6 Å². The highest BCUT2D eigenvalue weighted by atomic mass is 79.9. The fraction of sp³-hybridized carbons (Fsp3) is 0.0625. The molecule has 1 aliphatic heterocycles. The Bertz CT molecular complexity index is 1770. The molecule has 5 aromatic carbocycles. The molecule has 39 heavy (non-hydrogen) atoms.